The van der Waals surface area contributed by atoms with Crippen LogP contribution in [0.2, 0.25) is 0 Å². The van der Waals surface area contributed by atoms with Crippen molar-refractivity contribution in [1.82, 2.24) is 0 Å². The van der Waals surface area contributed by atoms with E-state index < -0.39 is 24.1 Å². The molecule has 0 bridgehead atoms. The number of hydrogen-bond acceptors (Lipinski definition) is 6. The van der Waals surface area contributed by atoms with Gasteiger partial charge < -0.3 is 23.8 Å². The molecule has 2 unspecified atom stereocenters. The maximum atomic E-state index is 12.7. The van der Waals surface area contributed by atoms with Gasteiger partial charge in [-0.1, -0.05) is 136 Å². The van der Waals surface area contributed by atoms with Gasteiger partial charge in [0.2, 0.25) is 0 Å². The average Bonchev–Trinajstić information content (AvgIpc) is 3.17. The van der Waals surface area contributed by atoms with Crippen molar-refractivity contribution in [1.29, 1.82) is 0 Å². The number of ether oxygens (including phenoxy) is 3. The lowest BCUT2D eigenvalue weighted by Gasteiger charge is -2.31. The van der Waals surface area contributed by atoms with E-state index in [1.54, 1.807) is 0 Å². The number of allylic oxidation sites excluding steroid dienone is 18. The summed E-state index contributed by atoms with van der Waals surface area (Å²) in [6, 6.07) is -0.638. The van der Waals surface area contributed by atoms with Gasteiger partial charge in [-0.15, -0.1) is 0 Å². The monoisotopic (exact) mass is 793 g/mol. The van der Waals surface area contributed by atoms with E-state index in [0.29, 0.717) is 19.3 Å². The molecular formula is C49H78NO7+. The summed E-state index contributed by atoms with van der Waals surface area (Å²) in [5, 5.41) is 9.61. The number of likely N-dealkylation sites (N-methyl/N-ethyl adjacent to an activating group) is 1. The SMILES string of the molecule is CC/C=C/C/C=C/C/C=C/C/C=C/C/C=C/C/C=C/CCC(=O)OC(COCCC(C(=O)O)[N+](C)(C)C)COC(=O)CCCCCC/C=C/C/C=C/C/C=C/CC. The van der Waals surface area contributed by atoms with Gasteiger partial charge in [0.1, 0.15) is 6.61 Å². The number of nitrogens with zero attached hydrogens (tertiary/aromatic N) is 1. The van der Waals surface area contributed by atoms with Crippen molar-refractivity contribution in [2.45, 2.75) is 142 Å². The maximum Gasteiger partial charge on any atom is 0.362 e. The van der Waals surface area contributed by atoms with Crippen molar-refractivity contribution >= 4 is 17.9 Å². The van der Waals surface area contributed by atoms with Gasteiger partial charge in [0.15, 0.2) is 12.1 Å². The van der Waals surface area contributed by atoms with Crippen LogP contribution in [0.5, 0.6) is 0 Å². The van der Waals surface area contributed by atoms with Crippen LogP contribution >= 0.6 is 0 Å². The largest absolute Gasteiger partial charge is 0.477 e. The van der Waals surface area contributed by atoms with E-state index in [4.69, 9.17) is 14.2 Å². The number of aliphatic carboxylic acids is 1. The lowest BCUT2D eigenvalue weighted by atomic mass is 10.1. The smallest absolute Gasteiger partial charge is 0.362 e. The topological polar surface area (TPSA) is 99.1 Å². The van der Waals surface area contributed by atoms with E-state index in [-0.39, 0.29) is 36.7 Å². The summed E-state index contributed by atoms with van der Waals surface area (Å²) in [5.41, 5.74) is 0. The minimum Gasteiger partial charge on any atom is -0.477 e. The molecule has 0 aromatic heterocycles. The molecular weight excluding hydrogens is 715 g/mol. The van der Waals surface area contributed by atoms with Crippen LogP contribution in [0.4, 0.5) is 0 Å². The first kappa shape index (κ1) is 53.0. The molecule has 0 rings (SSSR count). The van der Waals surface area contributed by atoms with Crippen LogP contribution in [0.1, 0.15) is 129 Å². The fourth-order valence-corrected chi connectivity index (χ4v) is 5.42. The number of unbranched alkanes of at least 4 members (excludes halogenated alkanes) is 4. The molecule has 0 aliphatic carbocycles. The van der Waals surface area contributed by atoms with Crippen molar-refractivity contribution in [2.75, 3.05) is 41.0 Å². The summed E-state index contributed by atoms with van der Waals surface area (Å²) < 4.78 is 17.1. The van der Waals surface area contributed by atoms with Crippen molar-refractivity contribution in [3.63, 3.8) is 0 Å². The zero-order valence-electron chi connectivity index (χ0n) is 36.2. The Balaban J connectivity index is 4.55. The van der Waals surface area contributed by atoms with Gasteiger partial charge in [0, 0.05) is 19.3 Å². The predicted octanol–water partition coefficient (Wildman–Crippen LogP) is 11.7. The summed E-state index contributed by atoms with van der Waals surface area (Å²) in [5.74, 6) is -1.62. The van der Waals surface area contributed by atoms with Crippen molar-refractivity contribution < 1.29 is 38.2 Å². The van der Waals surface area contributed by atoms with Crippen LogP contribution in [0.3, 0.4) is 0 Å². The second-order valence-corrected chi connectivity index (χ2v) is 14.8. The molecule has 0 saturated carbocycles. The molecule has 0 spiro atoms. The van der Waals surface area contributed by atoms with Crippen LogP contribution in [-0.2, 0) is 28.6 Å². The third-order valence-corrected chi connectivity index (χ3v) is 8.68. The molecule has 57 heavy (non-hydrogen) atoms. The van der Waals surface area contributed by atoms with E-state index in [0.717, 1.165) is 89.9 Å². The van der Waals surface area contributed by atoms with E-state index in [1.807, 2.05) is 33.3 Å². The molecule has 0 aliphatic rings. The standard InChI is InChI=1S/C49H77NO7/c1-6-8-10-12-14-16-18-20-22-23-24-25-26-28-30-32-34-36-38-40-48(52)57-45(43-55-42-41-46(49(53)54)50(3,4)5)44-56-47(51)39-37-35-33-31-29-27-21-19-17-15-13-11-9-7-2/h8-11,14-17,20-22,24-25,27-28,30,34,36,45-46H,6-7,12-13,18-19,23,26,29,31-33,35,37-44H2,1-5H3/p+1/b10-8+,11-9+,16-14+,17-15+,22-20+,25-24+,27-21+,30-28+,36-34+. The average molecular weight is 793 g/mol. The van der Waals surface area contributed by atoms with E-state index >= 15 is 0 Å². The first-order valence-corrected chi connectivity index (χ1v) is 21.4. The van der Waals surface area contributed by atoms with Gasteiger partial charge in [0.05, 0.1) is 34.4 Å². The highest BCUT2D eigenvalue weighted by atomic mass is 16.6. The summed E-state index contributed by atoms with van der Waals surface area (Å²) in [6.45, 7) is 4.37. The number of rotatable bonds is 36. The second-order valence-electron chi connectivity index (χ2n) is 14.8. The number of hydrogen-bond donors (Lipinski definition) is 1. The Kier molecular flexibility index (Phi) is 36.1. The van der Waals surface area contributed by atoms with Crippen LogP contribution in [0, 0.1) is 0 Å². The zero-order chi connectivity index (χ0) is 42.1. The molecule has 0 saturated heterocycles. The molecule has 8 heteroatoms. The Hall–Kier alpha value is -4.01. The number of carboxylic acids is 1. The Morgan fingerprint density at radius 2 is 0.965 bits per heavy atom. The van der Waals surface area contributed by atoms with Gasteiger partial charge in [-0.25, -0.2) is 4.79 Å². The highest BCUT2D eigenvalue weighted by molar-refractivity contribution is 5.72. The molecule has 0 aliphatic heterocycles. The molecule has 2 atom stereocenters. The maximum absolute atomic E-state index is 12.7. The zero-order valence-corrected chi connectivity index (χ0v) is 36.2. The van der Waals surface area contributed by atoms with Crippen molar-refractivity contribution in [3.05, 3.63) is 109 Å². The van der Waals surface area contributed by atoms with Gasteiger partial charge in [-0.3, -0.25) is 9.59 Å². The molecule has 1 N–H and O–H groups in total. The van der Waals surface area contributed by atoms with E-state index in [1.165, 1.54) is 0 Å². The van der Waals surface area contributed by atoms with E-state index in [9.17, 15) is 19.5 Å². The molecule has 0 fully saturated rings. The Morgan fingerprint density at radius 3 is 1.42 bits per heavy atom. The fourth-order valence-electron chi connectivity index (χ4n) is 5.42. The molecule has 0 aromatic rings. The highest BCUT2D eigenvalue weighted by Gasteiger charge is 2.31. The second kappa shape index (κ2) is 38.8. The third kappa shape index (κ3) is 37.3. The number of carbonyl (C=O) groups excluding carboxylic acids is 2. The summed E-state index contributed by atoms with van der Waals surface area (Å²) in [4.78, 5) is 36.9. The quantitative estimate of drug-likeness (QED) is 0.0292. The van der Waals surface area contributed by atoms with Crippen LogP contribution in [0.15, 0.2) is 109 Å². The Bertz CT molecular complexity index is 1290. The highest BCUT2D eigenvalue weighted by Crippen LogP contribution is 2.11. The summed E-state index contributed by atoms with van der Waals surface area (Å²) in [7, 11) is 5.48. The minimum atomic E-state index is -0.896. The van der Waals surface area contributed by atoms with Gasteiger partial charge in [0.25, 0.3) is 0 Å². The van der Waals surface area contributed by atoms with Crippen LogP contribution in [-0.4, -0.2) is 80.6 Å². The molecule has 0 heterocycles. The lowest BCUT2D eigenvalue weighted by molar-refractivity contribution is -0.887. The lowest BCUT2D eigenvalue weighted by Crippen LogP contribution is -2.50. The molecule has 8 nitrogen and oxygen atoms in total. The Labute approximate surface area is 347 Å². The van der Waals surface area contributed by atoms with Crippen molar-refractivity contribution in [3.8, 4) is 0 Å². The third-order valence-electron chi connectivity index (χ3n) is 8.68. The molecule has 0 radical (unpaired) electrons. The molecule has 320 valence electrons. The number of carbonyl (C=O) groups is 3. The van der Waals surface area contributed by atoms with E-state index in [2.05, 4.69) is 111 Å². The summed E-state index contributed by atoms with van der Waals surface area (Å²) in [6.07, 6.45) is 52.9. The van der Waals surface area contributed by atoms with Gasteiger partial charge >= 0.3 is 17.9 Å². The number of quaternary nitrogens is 1. The first-order chi connectivity index (χ1) is 27.6. The first-order valence-electron chi connectivity index (χ1n) is 21.4. The van der Waals surface area contributed by atoms with Gasteiger partial charge in [-0.05, 0) is 83.5 Å². The fraction of sp³-hybridized carbons (Fsp3) is 0.571. The normalized spacial score (nSPS) is 14.1. The molecule has 0 amide bonds. The summed E-state index contributed by atoms with van der Waals surface area (Å²) >= 11 is 0. The van der Waals surface area contributed by atoms with Gasteiger partial charge in [-0.2, -0.15) is 0 Å². The van der Waals surface area contributed by atoms with Crippen molar-refractivity contribution in [2.24, 2.45) is 0 Å². The predicted molar refractivity (Wildman–Crippen MR) is 238 cm³/mol. The molecule has 0 aromatic carbocycles. The van der Waals surface area contributed by atoms with Crippen LogP contribution in [0.25, 0.3) is 0 Å². The number of esters is 2. The Morgan fingerprint density at radius 1 is 0.526 bits per heavy atom. The minimum absolute atomic E-state index is 0.0155. The number of carboxylic acid groups (broad SMARTS) is 1. The van der Waals surface area contributed by atoms with Crippen LogP contribution < -0.4 is 0 Å².